The maximum Gasteiger partial charge on any atom is 0.279 e. The van der Waals surface area contributed by atoms with E-state index >= 15 is 0 Å². The van der Waals surface area contributed by atoms with Crippen LogP contribution >= 0.6 is 0 Å². The van der Waals surface area contributed by atoms with Crippen LogP contribution in [0.25, 0.3) is 11.1 Å². The van der Waals surface area contributed by atoms with Crippen LogP contribution < -0.4 is 15.0 Å². The summed E-state index contributed by atoms with van der Waals surface area (Å²) in [6, 6.07) is 7.29. The lowest BCUT2D eigenvalue weighted by Gasteiger charge is -2.25. The number of hydrogen-bond acceptors (Lipinski definition) is 4. The molecule has 2 heterocycles. The van der Waals surface area contributed by atoms with Gasteiger partial charge in [0.15, 0.2) is 0 Å². The van der Waals surface area contributed by atoms with E-state index < -0.39 is 10.2 Å². The fraction of sp³-hybridized carbons (Fsp3) is 0.421. The van der Waals surface area contributed by atoms with Crippen molar-refractivity contribution in [1.29, 1.82) is 0 Å². The minimum absolute atomic E-state index is 0.166. The van der Waals surface area contributed by atoms with Crippen LogP contribution in [0.3, 0.4) is 0 Å². The van der Waals surface area contributed by atoms with Gasteiger partial charge in [0, 0.05) is 37.0 Å². The predicted octanol–water partition coefficient (Wildman–Crippen LogP) is 2.00. The highest BCUT2D eigenvalue weighted by atomic mass is 32.2. The Bertz CT molecular complexity index is 1010. The number of ether oxygens (including phenoxy) is 1. The molecule has 0 spiro atoms. The molecule has 0 aliphatic carbocycles. The maximum atomic E-state index is 12.4. The van der Waals surface area contributed by atoms with Crippen molar-refractivity contribution in [2.75, 3.05) is 20.2 Å². The molecule has 0 bridgehead atoms. The molecule has 0 amide bonds. The van der Waals surface area contributed by atoms with Crippen LogP contribution in [0.5, 0.6) is 5.75 Å². The van der Waals surface area contributed by atoms with Crippen LogP contribution in [0.4, 0.5) is 0 Å². The molecule has 146 valence electrons. The van der Waals surface area contributed by atoms with Crippen molar-refractivity contribution in [3.63, 3.8) is 0 Å². The first-order valence-corrected chi connectivity index (χ1v) is 10.2. The van der Waals surface area contributed by atoms with E-state index in [9.17, 15) is 13.2 Å². The molecule has 0 unspecified atom stereocenters. The summed E-state index contributed by atoms with van der Waals surface area (Å²) in [7, 11) is -1.90. The van der Waals surface area contributed by atoms with Gasteiger partial charge < -0.3 is 9.72 Å². The summed E-state index contributed by atoms with van der Waals surface area (Å²) in [5.74, 6) is 0.679. The molecule has 3 rings (SSSR count). The molecule has 1 aromatic heterocycles. The van der Waals surface area contributed by atoms with Crippen LogP contribution in [0, 0.1) is 0 Å². The van der Waals surface area contributed by atoms with Gasteiger partial charge in [-0.3, -0.25) is 4.79 Å². The third kappa shape index (κ3) is 3.92. The van der Waals surface area contributed by atoms with Gasteiger partial charge in [-0.15, -0.1) is 0 Å². The zero-order chi connectivity index (χ0) is 19.8. The van der Waals surface area contributed by atoms with Crippen LogP contribution in [0.15, 0.2) is 35.3 Å². The Morgan fingerprint density at radius 2 is 1.96 bits per heavy atom. The Hall–Kier alpha value is -2.16. The zero-order valence-corrected chi connectivity index (χ0v) is 16.8. The first-order chi connectivity index (χ1) is 12.6. The first kappa shape index (κ1) is 19.6. The quantitative estimate of drug-likeness (QED) is 0.834. The van der Waals surface area contributed by atoms with Crippen molar-refractivity contribution < 1.29 is 13.2 Å². The summed E-state index contributed by atoms with van der Waals surface area (Å²) >= 11 is 0. The molecular formula is C19H25N3O4S. The third-order valence-electron chi connectivity index (χ3n) is 4.67. The molecule has 0 saturated carbocycles. The number of aromatic amines is 1. The van der Waals surface area contributed by atoms with Gasteiger partial charge in [-0.1, -0.05) is 20.8 Å². The van der Waals surface area contributed by atoms with Crippen LogP contribution in [-0.4, -0.2) is 37.9 Å². The highest BCUT2D eigenvalue weighted by Crippen LogP contribution is 2.37. The molecule has 1 aromatic carbocycles. The fourth-order valence-electron chi connectivity index (χ4n) is 3.26. The molecule has 1 fully saturated rings. The Kier molecular flexibility index (Phi) is 5.16. The van der Waals surface area contributed by atoms with E-state index in [0.29, 0.717) is 30.0 Å². The number of rotatable bonds is 4. The molecule has 2 N–H and O–H groups in total. The molecule has 0 radical (unpaired) electrons. The number of benzene rings is 1. The molecule has 8 heteroatoms. The van der Waals surface area contributed by atoms with E-state index in [1.165, 1.54) is 4.31 Å². The van der Waals surface area contributed by atoms with E-state index in [1.807, 2.05) is 12.1 Å². The standard InChI is InChI=1S/C19H25N3O4S/c1-19(2,3)16-11-15(14-6-5-7-20-18(14)23)13(10-17(16)26-4)12-22-9-8-21-27(22,24)25/h5-7,10-11,21H,8-9,12H2,1-4H3,(H,20,23). The second-order valence-electron chi connectivity index (χ2n) is 7.61. The largest absolute Gasteiger partial charge is 0.496 e. The lowest BCUT2D eigenvalue weighted by molar-refractivity contribution is 0.395. The lowest BCUT2D eigenvalue weighted by Crippen LogP contribution is -2.29. The first-order valence-electron chi connectivity index (χ1n) is 8.77. The van der Waals surface area contributed by atoms with Crippen molar-refractivity contribution in [2.24, 2.45) is 0 Å². The number of nitrogens with zero attached hydrogens (tertiary/aromatic N) is 1. The van der Waals surface area contributed by atoms with Gasteiger partial charge in [0.1, 0.15) is 5.75 Å². The van der Waals surface area contributed by atoms with Gasteiger partial charge in [0.05, 0.1) is 7.11 Å². The molecule has 1 saturated heterocycles. The minimum atomic E-state index is -3.50. The summed E-state index contributed by atoms with van der Waals surface area (Å²) in [5.41, 5.74) is 2.47. The van der Waals surface area contributed by atoms with Crippen molar-refractivity contribution in [2.45, 2.75) is 32.7 Å². The zero-order valence-electron chi connectivity index (χ0n) is 16.0. The molecule has 1 aliphatic rings. The SMILES string of the molecule is COc1cc(CN2CCNS2(=O)=O)c(-c2ccc[nH]c2=O)cc1C(C)(C)C. The number of methoxy groups -OCH3 is 1. The highest BCUT2D eigenvalue weighted by Gasteiger charge is 2.30. The lowest BCUT2D eigenvalue weighted by atomic mass is 9.83. The fourth-order valence-corrected chi connectivity index (χ4v) is 4.43. The Balaban J connectivity index is 2.21. The average molecular weight is 391 g/mol. The minimum Gasteiger partial charge on any atom is -0.496 e. The van der Waals surface area contributed by atoms with Gasteiger partial charge >= 0.3 is 0 Å². The maximum absolute atomic E-state index is 12.4. The van der Waals surface area contributed by atoms with Gasteiger partial charge in [-0.2, -0.15) is 12.7 Å². The number of aromatic nitrogens is 1. The smallest absolute Gasteiger partial charge is 0.279 e. The highest BCUT2D eigenvalue weighted by molar-refractivity contribution is 7.87. The summed E-state index contributed by atoms with van der Waals surface area (Å²) in [5, 5.41) is 0. The molecule has 0 atom stereocenters. The number of pyridine rings is 1. The van der Waals surface area contributed by atoms with Gasteiger partial charge in [-0.25, -0.2) is 4.72 Å². The van der Waals surface area contributed by atoms with Crippen molar-refractivity contribution >= 4 is 10.2 Å². The molecule has 2 aromatic rings. The van der Waals surface area contributed by atoms with E-state index in [0.717, 1.165) is 11.1 Å². The second kappa shape index (κ2) is 7.10. The van der Waals surface area contributed by atoms with E-state index in [2.05, 4.69) is 30.5 Å². The summed E-state index contributed by atoms with van der Waals surface area (Å²) in [4.78, 5) is 15.1. The number of nitrogens with one attached hydrogen (secondary N) is 2. The Morgan fingerprint density at radius 3 is 2.52 bits per heavy atom. The number of hydrogen-bond donors (Lipinski definition) is 2. The molecular weight excluding hydrogens is 366 g/mol. The van der Waals surface area contributed by atoms with E-state index in [-0.39, 0.29) is 17.5 Å². The summed E-state index contributed by atoms with van der Waals surface area (Å²) < 4.78 is 33.8. The Labute approximate surface area is 159 Å². The third-order valence-corrected chi connectivity index (χ3v) is 6.23. The summed E-state index contributed by atoms with van der Waals surface area (Å²) in [6.07, 6.45) is 1.58. The van der Waals surface area contributed by atoms with Gasteiger partial charge in [0.2, 0.25) is 0 Å². The van der Waals surface area contributed by atoms with Gasteiger partial charge in [-0.05, 0) is 40.8 Å². The van der Waals surface area contributed by atoms with Crippen molar-refractivity contribution in [3.8, 4) is 16.9 Å². The van der Waals surface area contributed by atoms with Crippen LogP contribution in [0.2, 0.25) is 0 Å². The molecule has 1 aliphatic heterocycles. The van der Waals surface area contributed by atoms with Crippen molar-refractivity contribution in [3.05, 3.63) is 51.9 Å². The van der Waals surface area contributed by atoms with Crippen LogP contribution in [0.1, 0.15) is 31.9 Å². The van der Waals surface area contributed by atoms with E-state index in [4.69, 9.17) is 4.74 Å². The molecule has 7 nitrogen and oxygen atoms in total. The Morgan fingerprint density at radius 1 is 1.22 bits per heavy atom. The topological polar surface area (TPSA) is 91.5 Å². The van der Waals surface area contributed by atoms with Crippen LogP contribution in [-0.2, 0) is 22.2 Å². The normalized spacial score (nSPS) is 17.2. The monoisotopic (exact) mass is 391 g/mol. The second-order valence-corrected chi connectivity index (χ2v) is 9.36. The predicted molar refractivity (Wildman–Crippen MR) is 105 cm³/mol. The molecule has 27 heavy (non-hydrogen) atoms. The number of H-pyrrole nitrogens is 1. The van der Waals surface area contributed by atoms with Crippen molar-refractivity contribution in [1.82, 2.24) is 14.0 Å². The average Bonchev–Trinajstić information content (AvgIpc) is 2.92. The summed E-state index contributed by atoms with van der Waals surface area (Å²) in [6.45, 7) is 7.13. The van der Waals surface area contributed by atoms with Gasteiger partial charge in [0.25, 0.3) is 15.8 Å². The van der Waals surface area contributed by atoms with E-state index in [1.54, 1.807) is 25.4 Å².